The van der Waals surface area contributed by atoms with Gasteiger partial charge in [0.1, 0.15) is 10.6 Å². The number of hydrogen-bond donors (Lipinski definition) is 1. The van der Waals surface area contributed by atoms with Crippen molar-refractivity contribution in [3.05, 3.63) is 54.4 Å². The number of benzene rings is 1. The van der Waals surface area contributed by atoms with Gasteiger partial charge in [-0.1, -0.05) is 18.2 Å². The average molecular weight is 542 g/mol. The number of para-hydroxylation sites is 1. The van der Waals surface area contributed by atoms with E-state index in [4.69, 9.17) is 14.6 Å². The Morgan fingerprint density at radius 3 is 2.35 bits per heavy atom. The number of sulfonamides is 1. The summed E-state index contributed by atoms with van der Waals surface area (Å²) in [6, 6.07) is 13.1. The maximum atomic E-state index is 13.5. The third kappa shape index (κ3) is 6.99. The number of ether oxygens (including phenoxy) is 1. The summed E-state index contributed by atoms with van der Waals surface area (Å²) in [6.07, 6.45) is 0.878. The summed E-state index contributed by atoms with van der Waals surface area (Å²) in [6.45, 7) is 4.45. The molecule has 2 fully saturated rings. The van der Waals surface area contributed by atoms with Gasteiger partial charge in [0.25, 0.3) is 0 Å². The molecule has 0 atom stereocenters. The van der Waals surface area contributed by atoms with E-state index in [0.717, 1.165) is 51.0 Å². The van der Waals surface area contributed by atoms with E-state index < -0.39 is 22.2 Å². The van der Waals surface area contributed by atoms with Crippen molar-refractivity contribution in [3.63, 3.8) is 0 Å². The second-order valence-electron chi connectivity index (χ2n) is 9.88. The van der Waals surface area contributed by atoms with Gasteiger partial charge in [-0.15, -0.1) is 0 Å². The van der Waals surface area contributed by atoms with Gasteiger partial charge in [-0.25, -0.2) is 13.2 Å². The number of hydrogen-bond acceptors (Lipinski definition) is 6. The number of carbonyl (C=O) groups is 1. The normalized spacial score (nSPS) is 21.5. The maximum Gasteiger partial charge on any atom is 0.490 e. The highest BCUT2D eigenvalue weighted by Crippen LogP contribution is 2.41. The lowest BCUT2D eigenvalue weighted by atomic mass is 9.78. The van der Waals surface area contributed by atoms with Crippen molar-refractivity contribution in [2.45, 2.75) is 43.3 Å². The molecule has 3 aliphatic rings. The topological polar surface area (TPSA) is 100 Å². The molecule has 202 valence electrons. The van der Waals surface area contributed by atoms with Crippen LogP contribution >= 0.6 is 0 Å². The quantitative estimate of drug-likeness (QED) is 0.629. The molecule has 1 spiro atoms. The van der Waals surface area contributed by atoms with Crippen LogP contribution in [0.3, 0.4) is 0 Å². The molecule has 12 heteroatoms. The van der Waals surface area contributed by atoms with E-state index in [2.05, 4.69) is 16.0 Å². The number of carboxylic acids is 1. The number of carboxylic acid groups (broad SMARTS) is 1. The van der Waals surface area contributed by atoms with Gasteiger partial charge in [-0.2, -0.15) is 17.5 Å². The van der Waals surface area contributed by atoms with E-state index in [0.29, 0.717) is 36.3 Å². The van der Waals surface area contributed by atoms with Crippen LogP contribution < -0.4 is 4.74 Å². The largest absolute Gasteiger partial charge is 0.492 e. The molecule has 8 nitrogen and oxygen atoms in total. The van der Waals surface area contributed by atoms with Gasteiger partial charge >= 0.3 is 12.1 Å². The van der Waals surface area contributed by atoms with Gasteiger partial charge in [-0.3, -0.25) is 9.88 Å². The molecule has 0 amide bonds. The van der Waals surface area contributed by atoms with Gasteiger partial charge in [0.2, 0.25) is 10.0 Å². The van der Waals surface area contributed by atoms with Crippen molar-refractivity contribution in [1.29, 1.82) is 0 Å². The van der Waals surface area contributed by atoms with Crippen LogP contribution in [0.15, 0.2) is 53.6 Å². The third-order valence-corrected chi connectivity index (χ3v) is 8.79. The number of piperidine rings is 1. The lowest BCUT2D eigenvalue weighted by Crippen LogP contribution is -2.51. The number of pyridine rings is 1. The molecule has 1 aliphatic carbocycles. The zero-order valence-corrected chi connectivity index (χ0v) is 21.0. The van der Waals surface area contributed by atoms with Crippen LogP contribution in [-0.2, 0) is 21.4 Å². The first-order valence-corrected chi connectivity index (χ1v) is 13.6. The van der Waals surface area contributed by atoms with Crippen LogP contribution in [0.1, 0.15) is 31.4 Å². The number of likely N-dealkylation sites (tertiary alicyclic amines) is 1. The summed E-state index contributed by atoms with van der Waals surface area (Å²) in [7, 11) is -3.55. The Labute approximate surface area is 214 Å². The number of halogens is 3. The average Bonchev–Trinajstić information content (AvgIpc) is 3.68. The minimum Gasteiger partial charge on any atom is -0.492 e. The molecule has 2 aliphatic heterocycles. The minimum absolute atomic E-state index is 0.143. The van der Waals surface area contributed by atoms with Crippen LogP contribution in [0, 0.1) is 11.3 Å². The Hall–Kier alpha value is -2.70. The summed E-state index contributed by atoms with van der Waals surface area (Å²) in [5, 5.41) is 7.12. The first-order valence-electron chi connectivity index (χ1n) is 12.1. The van der Waals surface area contributed by atoms with Crippen LogP contribution in [0.5, 0.6) is 5.75 Å². The number of nitrogens with zero attached hydrogens (tertiary/aromatic N) is 3. The van der Waals surface area contributed by atoms with Crippen molar-refractivity contribution in [3.8, 4) is 5.75 Å². The maximum absolute atomic E-state index is 13.5. The molecule has 5 rings (SSSR count). The lowest BCUT2D eigenvalue weighted by Gasteiger charge is -2.45. The first kappa shape index (κ1) is 27.3. The molecule has 1 saturated carbocycles. The summed E-state index contributed by atoms with van der Waals surface area (Å²) in [5.41, 5.74) is 0.935. The van der Waals surface area contributed by atoms with Gasteiger partial charge in [0, 0.05) is 31.2 Å². The Kier molecular flexibility index (Phi) is 8.10. The molecule has 3 heterocycles. The smallest absolute Gasteiger partial charge is 0.490 e. The van der Waals surface area contributed by atoms with Crippen molar-refractivity contribution in [2.24, 2.45) is 11.3 Å². The summed E-state index contributed by atoms with van der Waals surface area (Å²) in [4.78, 5) is 16.1. The van der Waals surface area contributed by atoms with Gasteiger partial charge in [0.05, 0.1) is 12.3 Å². The molecule has 1 aromatic heterocycles. The van der Waals surface area contributed by atoms with E-state index in [-0.39, 0.29) is 5.41 Å². The Balaban J connectivity index is 0.000000405. The number of aromatic nitrogens is 1. The molecule has 37 heavy (non-hydrogen) atoms. The van der Waals surface area contributed by atoms with Crippen molar-refractivity contribution in [1.82, 2.24) is 14.2 Å². The molecule has 1 saturated heterocycles. The zero-order chi connectivity index (χ0) is 26.7. The second kappa shape index (κ2) is 11.0. The predicted octanol–water partition coefficient (Wildman–Crippen LogP) is 3.79. The van der Waals surface area contributed by atoms with Crippen LogP contribution in [-0.4, -0.2) is 72.6 Å². The highest BCUT2D eigenvalue weighted by atomic mass is 32.2. The monoisotopic (exact) mass is 541 g/mol. The molecule has 0 unspecified atom stereocenters. The van der Waals surface area contributed by atoms with E-state index in [9.17, 15) is 21.6 Å². The molecular formula is C25H30F3N3O5S. The fourth-order valence-electron chi connectivity index (χ4n) is 4.62. The lowest BCUT2D eigenvalue weighted by molar-refractivity contribution is -0.192. The minimum atomic E-state index is -5.08. The van der Waals surface area contributed by atoms with E-state index in [1.807, 2.05) is 24.4 Å². The number of aliphatic carboxylic acids is 1. The number of alkyl halides is 3. The van der Waals surface area contributed by atoms with Crippen molar-refractivity contribution in [2.75, 3.05) is 32.8 Å². The molecule has 0 radical (unpaired) electrons. The molecular weight excluding hydrogens is 511 g/mol. The standard InChI is InChI=1S/C23H29N3O3S.C2HF3O2/c27-30(28)22-7-2-1-6-21(22)29-18-23(17-26(30)15-19-8-9-19)10-13-25(14-11-23)16-20-5-3-4-12-24-20;3-2(4,5)1(6)7/h1-7,12,19H,8-11,13-18H2;(H,6,7). The molecule has 1 N–H and O–H groups in total. The summed E-state index contributed by atoms with van der Waals surface area (Å²) in [5.74, 6) is -1.76. The SMILES string of the molecule is O=C(O)C(F)(F)F.O=S1(=O)c2ccccc2OCC2(CCN(Cc3ccccn3)CC2)CN1CC1CC1. The van der Waals surface area contributed by atoms with Crippen LogP contribution in [0.25, 0.3) is 0 Å². The van der Waals surface area contributed by atoms with Gasteiger partial charge < -0.3 is 9.84 Å². The van der Waals surface area contributed by atoms with E-state index in [1.54, 1.807) is 22.5 Å². The third-order valence-electron chi connectivity index (χ3n) is 6.94. The highest BCUT2D eigenvalue weighted by Gasteiger charge is 2.44. The fraction of sp³-hybridized carbons (Fsp3) is 0.520. The Morgan fingerprint density at radius 2 is 1.76 bits per heavy atom. The van der Waals surface area contributed by atoms with Gasteiger partial charge in [-0.05, 0) is 69.0 Å². The van der Waals surface area contributed by atoms with Crippen LogP contribution in [0.2, 0.25) is 0 Å². The molecule has 0 bridgehead atoms. The summed E-state index contributed by atoms with van der Waals surface area (Å²) < 4.78 is 66.6. The Bertz CT molecular complexity index is 1180. The van der Waals surface area contributed by atoms with Crippen molar-refractivity contribution >= 4 is 16.0 Å². The van der Waals surface area contributed by atoms with E-state index in [1.165, 1.54) is 0 Å². The number of rotatable bonds is 4. The van der Waals surface area contributed by atoms with Gasteiger partial charge in [0.15, 0.2) is 0 Å². The first-order chi connectivity index (χ1) is 17.5. The number of fused-ring (bicyclic) bond motifs is 1. The van der Waals surface area contributed by atoms with Crippen molar-refractivity contribution < 1.29 is 36.2 Å². The van der Waals surface area contributed by atoms with E-state index >= 15 is 0 Å². The molecule has 1 aromatic carbocycles. The van der Waals surface area contributed by atoms with Crippen LogP contribution in [0.4, 0.5) is 13.2 Å². The fourth-order valence-corrected chi connectivity index (χ4v) is 6.38. The second-order valence-corrected chi connectivity index (χ2v) is 11.8. The molecule has 2 aromatic rings. The summed E-state index contributed by atoms with van der Waals surface area (Å²) >= 11 is 0. The predicted molar refractivity (Wildman–Crippen MR) is 128 cm³/mol. The zero-order valence-electron chi connectivity index (χ0n) is 20.2. The highest BCUT2D eigenvalue weighted by molar-refractivity contribution is 7.89. The Morgan fingerprint density at radius 1 is 1.11 bits per heavy atom.